The number of methoxy groups -OCH3 is 1. The van der Waals surface area contributed by atoms with E-state index < -0.39 is 10.7 Å². The number of nitrogens with zero attached hydrogens (tertiary/aromatic N) is 4. The van der Waals surface area contributed by atoms with Crippen molar-refractivity contribution >= 4 is 23.2 Å². The second kappa shape index (κ2) is 9.47. The van der Waals surface area contributed by atoms with Crippen LogP contribution in [-0.2, 0) is 11.3 Å². The van der Waals surface area contributed by atoms with Crippen molar-refractivity contribution in [2.75, 3.05) is 20.3 Å². The first-order valence-electron chi connectivity index (χ1n) is 8.91. The zero-order valence-corrected chi connectivity index (χ0v) is 16.8. The molecule has 0 N–H and O–H groups in total. The van der Waals surface area contributed by atoms with Gasteiger partial charge in [0, 0.05) is 43.6 Å². The summed E-state index contributed by atoms with van der Waals surface area (Å²) in [6.45, 7) is 0.743. The molecular formula is C20H18ClFN4O4. The van der Waals surface area contributed by atoms with E-state index >= 15 is 0 Å². The third kappa shape index (κ3) is 5.00. The monoisotopic (exact) mass is 432 g/mol. The largest absolute Gasteiger partial charge is 0.383 e. The fourth-order valence-electron chi connectivity index (χ4n) is 2.78. The van der Waals surface area contributed by atoms with Crippen molar-refractivity contribution in [3.8, 4) is 5.69 Å². The van der Waals surface area contributed by atoms with E-state index in [0.29, 0.717) is 17.9 Å². The number of aromatic nitrogens is 2. The number of halogens is 2. The smallest absolute Gasteiger partial charge is 0.274 e. The van der Waals surface area contributed by atoms with Crippen LogP contribution in [0.25, 0.3) is 5.69 Å². The molecule has 8 nitrogen and oxygen atoms in total. The zero-order valence-electron chi connectivity index (χ0n) is 16.0. The van der Waals surface area contributed by atoms with Gasteiger partial charge in [0.25, 0.3) is 11.6 Å². The molecule has 1 aromatic heterocycles. The van der Waals surface area contributed by atoms with Gasteiger partial charge < -0.3 is 9.64 Å². The Labute approximate surface area is 176 Å². The van der Waals surface area contributed by atoms with Gasteiger partial charge in [-0.1, -0.05) is 17.7 Å². The van der Waals surface area contributed by atoms with E-state index in [0.717, 1.165) is 0 Å². The summed E-state index contributed by atoms with van der Waals surface area (Å²) in [7, 11) is 1.52. The average Bonchev–Trinajstić information content (AvgIpc) is 3.22. The second-order valence-electron chi connectivity index (χ2n) is 6.37. The fourth-order valence-corrected chi connectivity index (χ4v) is 3.01. The minimum absolute atomic E-state index is 0.0378. The van der Waals surface area contributed by atoms with Gasteiger partial charge in [0.2, 0.25) is 0 Å². The Morgan fingerprint density at radius 1 is 1.27 bits per heavy atom. The molecule has 1 amide bonds. The van der Waals surface area contributed by atoms with Crippen LogP contribution in [0.3, 0.4) is 0 Å². The summed E-state index contributed by atoms with van der Waals surface area (Å²) in [6, 6.07) is 11.4. The molecule has 0 aliphatic rings. The van der Waals surface area contributed by atoms with Gasteiger partial charge in [0.05, 0.1) is 17.2 Å². The van der Waals surface area contributed by atoms with Crippen LogP contribution in [0, 0.1) is 15.9 Å². The molecule has 156 valence electrons. The van der Waals surface area contributed by atoms with Crippen LogP contribution in [-0.4, -0.2) is 45.8 Å². The second-order valence-corrected chi connectivity index (χ2v) is 6.78. The highest BCUT2D eigenvalue weighted by Crippen LogP contribution is 2.20. The molecule has 2 aromatic carbocycles. The average molecular weight is 433 g/mol. The van der Waals surface area contributed by atoms with Crippen LogP contribution in [0.4, 0.5) is 10.1 Å². The van der Waals surface area contributed by atoms with Gasteiger partial charge in [-0.05, 0) is 35.9 Å². The fraction of sp³-hybridized carbons (Fsp3) is 0.200. The van der Waals surface area contributed by atoms with Crippen LogP contribution in [0.15, 0.2) is 54.7 Å². The van der Waals surface area contributed by atoms with Crippen molar-refractivity contribution in [1.29, 1.82) is 0 Å². The predicted molar refractivity (Wildman–Crippen MR) is 108 cm³/mol. The number of benzene rings is 2. The summed E-state index contributed by atoms with van der Waals surface area (Å²) >= 11 is 6.10. The van der Waals surface area contributed by atoms with Gasteiger partial charge in [-0.2, -0.15) is 5.10 Å². The summed E-state index contributed by atoms with van der Waals surface area (Å²) in [4.78, 5) is 24.8. The molecule has 0 saturated carbocycles. The Morgan fingerprint density at radius 2 is 2.00 bits per heavy atom. The van der Waals surface area contributed by atoms with E-state index in [-0.39, 0.29) is 35.4 Å². The number of carbonyl (C=O) groups excluding carboxylic acids is 1. The van der Waals surface area contributed by atoms with E-state index in [1.807, 2.05) is 0 Å². The maximum atomic E-state index is 13.3. The highest BCUT2D eigenvalue weighted by molar-refractivity contribution is 6.31. The minimum atomic E-state index is -0.490. The normalized spacial score (nSPS) is 10.8. The summed E-state index contributed by atoms with van der Waals surface area (Å²) in [5.41, 5.74) is 1.31. The SMILES string of the molecule is COCCN(Cc1ccc(F)cc1Cl)C(=O)c1ccn(-c2ccc([N+](=O)[O-])cc2)n1. The lowest BCUT2D eigenvalue weighted by atomic mass is 10.2. The van der Waals surface area contributed by atoms with Gasteiger partial charge in [-0.25, -0.2) is 9.07 Å². The summed E-state index contributed by atoms with van der Waals surface area (Å²) < 4.78 is 19.8. The van der Waals surface area contributed by atoms with E-state index in [9.17, 15) is 19.3 Å². The van der Waals surface area contributed by atoms with Crippen molar-refractivity contribution in [1.82, 2.24) is 14.7 Å². The Hall–Kier alpha value is -3.30. The maximum Gasteiger partial charge on any atom is 0.274 e. The number of carbonyl (C=O) groups is 1. The van der Waals surface area contributed by atoms with Crippen molar-refractivity contribution in [2.24, 2.45) is 0 Å². The van der Waals surface area contributed by atoms with Crippen LogP contribution in [0.5, 0.6) is 0 Å². The first-order valence-corrected chi connectivity index (χ1v) is 9.29. The van der Waals surface area contributed by atoms with Crippen molar-refractivity contribution in [3.63, 3.8) is 0 Å². The minimum Gasteiger partial charge on any atom is -0.383 e. The van der Waals surface area contributed by atoms with Crippen LogP contribution in [0.2, 0.25) is 5.02 Å². The molecule has 0 atom stereocenters. The summed E-state index contributed by atoms with van der Waals surface area (Å²) in [6.07, 6.45) is 1.59. The van der Waals surface area contributed by atoms with Gasteiger partial charge in [-0.15, -0.1) is 0 Å². The summed E-state index contributed by atoms with van der Waals surface area (Å²) in [5.74, 6) is -0.812. The van der Waals surface area contributed by atoms with E-state index in [1.54, 1.807) is 24.4 Å². The first kappa shape index (κ1) is 21.4. The molecule has 0 unspecified atom stereocenters. The third-order valence-corrected chi connectivity index (χ3v) is 4.71. The lowest BCUT2D eigenvalue weighted by molar-refractivity contribution is -0.384. The molecule has 0 saturated heterocycles. The van der Waals surface area contributed by atoms with E-state index in [2.05, 4.69) is 5.10 Å². The number of nitro groups is 1. The number of non-ortho nitro benzene ring substituents is 1. The molecular weight excluding hydrogens is 415 g/mol. The van der Waals surface area contributed by atoms with Gasteiger partial charge in [0.15, 0.2) is 5.69 Å². The van der Waals surface area contributed by atoms with Gasteiger partial charge in [-0.3, -0.25) is 14.9 Å². The standard InChI is InChI=1S/C20H18ClFN4O4/c1-30-11-10-24(13-14-2-3-15(22)12-18(14)21)20(27)19-8-9-25(23-19)16-4-6-17(7-5-16)26(28)29/h2-9,12H,10-11,13H2,1H3. The Morgan fingerprint density at radius 3 is 2.63 bits per heavy atom. The lowest BCUT2D eigenvalue weighted by Gasteiger charge is -2.22. The number of rotatable bonds is 8. The molecule has 0 radical (unpaired) electrons. The molecule has 0 aliphatic carbocycles. The third-order valence-electron chi connectivity index (χ3n) is 4.36. The highest BCUT2D eigenvalue weighted by atomic mass is 35.5. The number of nitro benzene ring substituents is 1. The maximum absolute atomic E-state index is 13.3. The molecule has 0 fully saturated rings. The topological polar surface area (TPSA) is 90.5 Å². The lowest BCUT2D eigenvalue weighted by Crippen LogP contribution is -2.34. The summed E-state index contributed by atoms with van der Waals surface area (Å²) in [5, 5.41) is 15.3. The Bertz CT molecular complexity index is 1060. The van der Waals surface area contributed by atoms with Crippen molar-refractivity contribution in [3.05, 3.63) is 86.9 Å². The molecule has 1 heterocycles. The molecule has 10 heteroatoms. The van der Waals surface area contributed by atoms with E-state index in [1.165, 1.54) is 47.0 Å². The number of hydrogen-bond acceptors (Lipinski definition) is 5. The van der Waals surface area contributed by atoms with E-state index in [4.69, 9.17) is 16.3 Å². The molecule has 30 heavy (non-hydrogen) atoms. The Kier molecular flexibility index (Phi) is 6.76. The molecule has 0 aliphatic heterocycles. The molecule has 3 aromatic rings. The van der Waals surface area contributed by atoms with Crippen LogP contribution >= 0.6 is 11.6 Å². The van der Waals surface area contributed by atoms with Crippen LogP contribution < -0.4 is 0 Å². The molecule has 3 rings (SSSR count). The molecule has 0 spiro atoms. The van der Waals surface area contributed by atoms with Crippen molar-refractivity contribution in [2.45, 2.75) is 6.54 Å². The highest BCUT2D eigenvalue weighted by Gasteiger charge is 2.20. The van der Waals surface area contributed by atoms with Gasteiger partial charge >= 0.3 is 0 Å². The quantitative estimate of drug-likeness (QED) is 0.398. The van der Waals surface area contributed by atoms with Crippen LogP contribution in [0.1, 0.15) is 16.1 Å². The zero-order chi connectivity index (χ0) is 21.7. The van der Waals surface area contributed by atoms with Gasteiger partial charge in [0.1, 0.15) is 5.82 Å². The number of amides is 1. The van der Waals surface area contributed by atoms with Crippen molar-refractivity contribution < 1.29 is 18.8 Å². The predicted octanol–water partition coefficient (Wildman–Crippen LogP) is 3.86. The molecule has 0 bridgehead atoms. The Balaban J connectivity index is 1.81. The first-order chi connectivity index (χ1) is 14.4. The number of hydrogen-bond donors (Lipinski definition) is 0. The number of ether oxygens (including phenoxy) is 1.